The largest absolute Gasteiger partial charge is 0.339 e. The molecule has 1 aliphatic heterocycles. The molecule has 0 bridgehead atoms. The highest BCUT2D eigenvalue weighted by Crippen LogP contribution is 2.29. The molecule has 1 fully saturated rings. The monoisotopic (exact) mass is 396 g/mol. The predicted octanol–water partition coefficient (Wildman–Crippen LogP) is 5.34. The number of rotatable bonds is 5. The molecule has 0 saturated carbocycles. The molecular weight excluding hydrogens is 368 g/mol. The minimum absolute atomic E-state index is 0.124. The van der Waals surface area contributed by atoms with Crippen LogP contribution in [0.3, 0.4) is 0 Å². The van der Waals surface area contributed by atoms with E-state index >= 15 is 0 Å². The molecule has 0 aromatic heterocycles. The Bertz CT molecular complexity index is 1020. The highest BCUT2D eigenvalue weighted by atomic mass is 16.2. The topological polar surface area (TPSA) is 46.3 Å². The highest BCUT2D eigenvalue weighted by molar-refractivity contribution is 5.95. The van der Waals surface area contributed by atoms with Crippen molar-refractivity contribution in [1.29, 1.82) is 0 Å². The van der Waals surface area contributed by atoms with Gasteiger partial charge in [0.15, 0.2) is 0 Å². The van der Waals surface area contributed by atoms with Crippen molar-refractivity contribution in [3.63, 3.8) is 0 Å². The fourth-order valence-corrected chi connectivity index (χ4v) is 4.10. The first-order chi connectivity index (χ1) is 14.7. The number of piperidine rings is 1. The maximum absolute atomic E-state index is 13.1. The van der Waals surface area contributed by atoms with E-state index in [1.165, 1.54) is 11.1 Å². The maximum Gasteiger partial charge on any atom is 0.253 e. The Hall–Kier alpha value is -3.17. The van der Waals surface area contributed by atoms with E-state index in [0.717, 1.165) is 42.6 Å². The first-order valence-electron chi connectivity index (χ1n) is 10.6. The van der Waals surface area contributed by atoms with E-state index in [1.54, 1.807) is 0 Å². The standard InChI is InChI=1S/C27H28N2O/c28-20-23-9-5-10-25(19-23)24-14-16-29(17-15-24)27(30)26-11-4-8-22(18-26)13-12-21-6-2-1-3-7-21/h1-13,18-19,24H,14-17,20,28H2/b13-12-. The third-order valence-corrected chi connectivity index (χ3v) is 5.84. The van der Waals surface area contributed by atoms with Gasteiger partial charge in [0.1, 0.15) is 0 Å². The number of benzene rings is 3. The lowest BCUT2D eigenvalue weighted by atomic mass is 9.88. The van der Waals surface area contributed by atoms with E-state index in [9.17, 15) is 4.79 Å². The number of amides is 1. The van der Waals surface area contributed by atoms with Crippen molar-refractivity contribution in [2.24, 2.45) is 5.73 Å². The zero-order chi connectivity index (χ0) is 20.8. The minimum Gasteiger partial charge on any atom is -0.339 e. The molecule has 1 saturated heterocycles. The van der Waals surface area contributed by atoms with Crippen LogP contribution in [-0.2, 0) is 6.54 Å². The van der Waals surface area contributed by atoms with Gasteiger partial charge < -0.3 is 10.6 Å². The van der Waals surface area contributed by atoms with E-state index in [1.807, 2.05) is 47.4 Å². The SMILES string of the molecule is NCc1cccc(C2CCN(C(=O)c3cccc(/C=C\c4ccccc4)c3)CC2)c1. The number of nitrogens with two attached hydrogens (primary N) is 1. The Balaban J connectivity index is 1.40. The summed E-state index contributed by atoms with van der Waals surface area (Å²) in [5.74, 6) is 0.625. The Labute approximate surface area is 178 Å². The molecule has 0 aliphatic carbocycles. The molecule has 2 N–H and O–H groups in total. The second kappa shape index (κ2) is 9.55. The third-order valence-electron chi connectivity index (χ3n) is 5.84. The number of nitrogens with zero attached hydrogens (tertiary/aromatic N) is 1. The van der Waals surface area contributed by atoms with Gasteiger partial charge in [0.05, 0.1) is 0 Å². The molecular formula is C27H28N2O. The summed E-state index contributed by atoms with van der Waals surface area (Å²) in [7, 11) is 0. The van der Waals surface area contributed by atoms with Crippen molar-refractivity contribution in [2.75, 3.05) is 13.1 Å². The molecule has 152 valence electrons. The van der Waals surface area contributed by atoms with Crippen LogP contribution in [0, 0.1) is 0 Å². The average molecular weight is 397 g/mol. The number of likely N-dealkylation sites (tertiary alicyclic amines) is 1. The van der Waals surface area contributed by atoms with E-state index < -0.39 is 0 Å². The molecule has 0 spiro atoms. The van der Waals surface area contributed by atoms with Crippen LogP contribution in [0.4, 0.5) is 0 Å². The lowest BCUT2D eigenvalue weighted by Crippen LogP contribution is -2.37. The molecule has 3 aromatic carbocycles. The highest BCUT2D eigenvalue weighted by Gasteiger charge is 2.24. The summed E-state index contributed by atoms with van der Waals surface area (Å²) in [6.45, 7) is 2.15. The molecule has 30 heavy (non-hydrogen) atoms. The van der Waals surface area contributed by atoms with Crippen molar-refractivity contribution >= 4 is 18.1 Å². The van der Waals surface area contributed by atoms with Crippen LogP contribution in [0.2, 0.25) is 0 Å². The van der Waals surface area contributed by atoms with Crippen LogP contribution < -0.4 is 5.73 Å². The van der Waals surface area contributed by atoms with Crippen LogP contribution in [0.1, 0.15) is 51.4 Å². The van der Waals surface area contributed by atoms with Gasteiger partial charge >= 0.3 is 0 Å². The lowest BCUT2D eigenvalue weighted by Gasteiger charge is -2.32. The summed E-state index contributed by atoms with van der Waals surface area (Å²) < 4.78 is 0. The number of hydrogen-bond donors (Lipinski definition) is 1. The van der Waals surface area contributed by atoms with Crippen LogP contribution in [-0.4, -0.2) is 23.9 Å². The smallest absolute Gasteiger partial charge is 0.253 e. The summed E-state index contributed by atoms with van der Waals surface area (Å²) in [5.41, 5.74) is 11.2. The maximum atomic E-state index is 13.1. The van der Waals surface area contributed by atoms with Gasteiger partial charge in [-0.2, -0.15) is 0 Å². The van der Waals surface area contributed by atoms with Crippen LogP contribution in [0.25, 0.3) is 12.2 Å². The van der Waals surface area contributed by atoms with Gasteiger partial charge in [-0.05, 0) is 53.1 Å². The van der Waals surface area contributed by atoms with Crippen molar-refractivity contribution in [2.45, 2.75) is 25.3 Å². The van der Waals surface area contributed by atoms with Crippen molar-refractivity contribution < 1.29 is 4.79 Å². The van der Waals surface area contributed by atoms with Crippen LogP contribution in [0.15, 0.2) is 78.9 Å². The molecule has 0 radical (unpaired) electrons. The Morgan fingerprint density at radius 3 is 2.33 bits per heavy atom. The average Bonchev–Trinajstić information content (AvgIpc) is 2.83. The van der Waals surface area contributed by atoms with Gasteiger partial charge in [-0.3, -0.25) is 4.79 Å². The minimum atomic E-state index is 0.124. The molecule has 3 nitrogen and oxygen atoms in total. The first-order valence-corrected chi connectivity index (χ1v) is 10.6. The molecule has 1 aliphatic rings. The van der Waals surface area contributed by atoms with Crippen molar-refractivity contribution in [1.82, 2.24) is 4.90 Å². The van der Waals surface area contributed by atoms with Gasteiger partial charge in [-0.15, -0.1) is 0 Å². The summed E-state index contributed by atoms with van der Waals surface area (Å²) in [4.78, 5) is 15.0. The summed E-state index contributed by atoms with van der Waals surface area (Å²) in [6.07, 6.45) is 6.12. The molecule has 4 rings (SSSR count). The van der Waals surface area contributed by atoms with Gasteiger partial charge in [-0.25, -0.2) is 0 Å². The lowest BCUT2D eigenvalue weighted by molar-refractivity contribution is 0.0713. The normalized spacial score (nSPS) is 14.9. The fraction of sp³-hybridized carbons (Fsp3) is 0.222. The number of hydrogen-bond acceptors (Lipinski definition) is 2. The third kappa shape index (κ3) is 4.87. The number of carbonyl (C=O) groups excluding carboxylic acids is 1. The summed E-state index contributed by atoms with van der Waals surface area (Å²) in [5, 5.41) is 0. The van der Waals surface area contributed by atoms with Crippen LogP contribution in [0.5, 0.6) is 0 Å². The second-order valence-electron chi connectivity index (χ2n) is 7.89. The summed E-state index contributed by atoms with van der Waals surface area (Å²) >= 11 is 0. The molecule has 0 atom stereocenters. The number of carbonyl (C=O) groups is 1. The molecule has 3 heteroatoms. The van der Waals surface area contributed by atoms with Gasteiger partial charge in [0, 0.05) is 25.2 Å². The Morgan fingerprint density at radius 1 is 0.867 bits per heavy atom. The van der Waals surface area contributed by atoms with E-state index in [0.29, 0.717) is 12.5 Å². The predicted molar refractivity (Wildman–Crippen MR) is 124 cm³/mol. The zero-order valence-corrected chi connectivity index (χ0v) is 17.2. The second-order valence-corrected chi connectivity index (χ2v) is 7.89. The van der Waals surface area contributed by atoms with Gasteiger partial charge in [-0.1, -0.05) is 78.9 Å². The Morgan fingerprint density at radius 2 is 1.57 bits per heavy atom. The molecule has 0 unspecified atom stereocenters. The molecule has 1 amide bonds. The van der Waals surface area contributed by atoms with Crippen molar-refractivity contribution in [3.8, 4) is 0 Å². The first kappa shape index (κ1) is 20.1. The fourth-order valence-electron chi connectivity index (χ4n) is 4.10. The molecule has 1 heterocycles. The van der Waals surface area contributed by atoms with Gasteiger partial charge in [0.2, 0.25) is 0 Å². The Kier molecular flexibility index (Phi) is 6.41. The van der Waals surface area contributed by atoms with E-state index in [4.69, 9.17) is 5.73 Å². The van der Waals surface area contributed by atoms with Crippen LogP contribution >= 0.6 is 0 Å². The molecule has 3 aromatic rings. The van der Waals surface area contributed by atoms with Crippen molar-refractivity contribution in [3.05, 3.63) is 107 Å². The van der Waals surface area contributed by atoms with Gasteiger partial charge in [0.25, 0.3) is 5.91 Å². The van der Waals surface area contributed by atoms with E-state index in [2.05, 4.69) is 48.6 Å². The zero-order valence-electron chi connectivity index (χ0n) is 17.2. The quantitative estimate of drug-likeness (QED) is 0.592. The van der Waals surface area contributed by atoms with E-state index in [-0.39, 0.29) is 5.91 Å². The summed E-state index contributed by atoms with van der Waals surface area (Å²) in [6, 6.07) is 26.6.